The Morgan fingerprint density at radius 2 is 1.83 bits per heavy atom. The molecular weight excluding hydrogens is 378 g/mol. The largest absolute Gasteiger partial charge is 0.493 e. The van der Waals surface area contributed by atoms with Gasteiger partial charge in [0, 0.05) is 24.9 Å². The van der Waals surface area contributed by atoms with E-state index in [1.54, 1.807) is 14.2 Å². The van der Waals surface area contributed by atoms with E-state index >= 15 is 0 Å². The van der Waals surface area contributed by atoms with E-state index in [4.69, 9.17) is 14.0 Å². The number of ether oxygens (including phenoxy) is 2. The van der Waals surface area contributed by atoms with Crippen molar-refractivity contribution in [1.82, 2.24) is 15.5 Å². The van der Waals surface area contributed by atoms with Gasteiger partial charge in [-0.3, -0.25) is 0 Å². The van der Waals surface area contributed by atoms with Crippen molar-refractivity contribution in [3.63, 3.8) is 0 Å². The highest BCUT2D eigenvalue weighted by Gasteiger charge is 2.29. The maximum Gasteiger partial charge on any atom is 0.229 e. The van der Waals surface area contributed by atoms with Crippen molar-refractivity contribution in [2.24, 2.45) is 0 Å². The predicted octanol–water partition coefficient (Wildman–Crippen LogP) is 4.74. The molecule has 1 fully saturated rings. The Hall–Kier alpha value is -2.86. The van der Waals surface area contributed by atoms with Crippen molar-refractivity contribution >= 4 is 0 Å². The van der Waals surface area contributed by atoms with Crippen LogP contribution >= 0.6 is 0 Å². The van der Waals surface area contributed by atoms with Gasteiger partial charge in [-0.15, -0.1) is 0 Å². The molecule has 6 nitrogen and oxygen atoms in total. The molecule has 2 aromatic carbocycles. The molecular formula is C24H29N3O3. The van der Waals surface area contributed by atoms with E-state index in [1.807, 2.05) is 13.0 Å². The highest BCUT2D eigenvalue weighted by Crippen LogP contribution is 2.37. The molecule has 1 aliphatic carbocycles. The lowest BCUT2D eigenvalue weighted by Crippen LogP contribution is -2.26. The third-order valence-corrected chi connectivity index (χ3v) is 5.86. The maximum absolute atomic E-state index is 5.55. The molecule has 30 heavy (non-hydrogen) atoms. The first-order valence-corrected chi connectivity index (χ1v) is 10.6. The fourth-order valence-electron chi connectivity index (χ4n) is 4.18. The van der Waals surface area contributed by atoms with Gasteiger partial charge in [0.15, 0.2) is 17.3 Å². The number of hydrogen-bond donors (Lipinski definition) is 1. The van der Waals surface area contributed by atoms with Gasteiger partial charge < -0.3 is 19.3 Å². The van der Waals surface area contributed by atoms with Crippen LogP contribution in [0.3, 0.4) is 0 Å². The summed E-state index contributed by atoms with van der Waals surface area (Å²) in [5.41, 5.74) is 3.51. The van der Waals surface area contributed by atoms with E-state index < -0.39 is 0 Å². The fraction of sp³-hybridized carbons (Fsp3) is 0.417. The van der Waals surface area contributed by atoms with Crippen molar-refractivity contribution < 1.29 is 14.0 Å². The van der Waals surface area contributed by atoms with E-state index in [9.17, 15) is 0 Å². The molecule has 3 aromatic rings. The second kappa shape index (κ2) is 9.30. The Balaban J connectivity index is 1.50. The molecule has 4 rings (SSSR count). The number of methoxy groups -OCH3 is 2. The summed E-state index contributed by atoms with van der Waals surface area (Å²) in [6.45, 7) is 2.80. The summed E-state index contributed by atoms with van der Waals surface area (Å²) >= 11 is 0. The zero-order valence-corrected chi connectivity index (χ0v) is 17.9. The van der Waals surface area contributed by atoms with Gasteiger partial charge in [0.2, 0.25) is 5.89 Å². The lowest BCUT2D eigenvalue weighted by atomic mass is 9.98. The third kappa shape index (κ3) is 4.33. The van der Waals surface area contributed by atoms with Gasteiger partial charge >= 0.3 is 0 Å². The molecule has 0 bridgehead atoms. The Bertz CT molecular complexity index is 971. The summed E-state index contributed by atoms with van der Waals surface area (Å²) in [6, 6.07) is 14.9. The van der Waals surface area contributed by atoms with E-state index in [1.165, 1.54) is 5.56 Å². The second-order valence-corrected chi connectivity index (χ2v) is 7.72. The smallest absolute Gasteiger partial charge is 0.229 e. The van der Waals surface area contributed by atoms with E-state index in [0.29, 0.717) is 12.0 Å². The number of rotatable bonds is 8. The molecule has 1 aliphatic rings. The summed E-state index contributed by atoms with van der Waals surface area (Å²) in [4.78, 5) is 4.52. The molecule has 0 spiro atoms. The number of hydrogen-bond acceptors (Lipinski definition) is 6. The zero-order chi connectivity index (χ0) is 20.9. The standard InChI is InChI=1S/C24H29N3O3/c1-4-23-26-24(30-27-23)17-10-11-19(12-17)25-15-18-13-21(28-2)22(29-3)14-20(18)16-8-6-5-7-9-16/h5-9,13-14,17,19,25H,4,10-12,15H2,1-3H3. The molecule has 1 aromatic heterocycles. The number of benzene rings is 2. The van der Waals surface area contributed by atoms with Crippen molar-refractivity contribution in [2.45, 2.75) is 51.1 Å². The van der Waals surface area contributed by atoms with Crippen LogP contribution in [0.5, 0.6) is 11.5 Å². The summed E-state index contributed by atoms with van der Waals surface area (Å²) in [6.07, 6.45) is 3.99. The van der Waals surface area contributed by atoms with Crippen molar-refractivity contribution in [3.8, 4) is 22.6 Å². The van der Waals surface area contributed by atoms with Crippen LogP contribution in [0.4, 0.5) is 0 Å². The Morgan fingerprint density at radius 3 is 2.53 bits per heavy atom. The first kappa shape index (κ1) is 20.4. The minimum Gasteiger partial charge on any atom is -0.493 e. The highest BCUT2D eigenvalue weighted by molar-refractivity contribution is 5.71. The minimum atomic E-state index is 0.342. The molecule has 1 N–H and O–H groups in total. The van der Waals surface area contributed by atoms with Crippen LogP contribution in [0.25, 0.3) is 11.1 Å². The zero-order valence-electron chi connectivity index (χ0n) is 17.9. The van der Waals surface area contributed by atoms with E-state index in [-0.39, 0.29) is 0 Å². The van der Waals surface area contributed by atoms with Crippen molar-refractivity contribution in [3.05, 3.63) is 59.7 Å². The van der Waals surface area contributed by atoms with Gasteiger partial charge in [-0.25, -0.2) is 0 Å². The van der Waals surface area contributed by atoms with Crippen molar-refractivity contribution in [1.29, 1.82) is 0 Å². The first-order chi connectivity index (χ1) is 14.7. The Labute approximate surface area is 177 Å². The minimum absolute atomic E-state index is 0.342. The number of aryl methyl sites for hydroxylation is 1. The van der Waals surface area contributed by atoms with Gasteiger partial charge in [-0.2, -0.15) is 4.98 Å². The molecule has 0 amide bonds. The Morgan fingerprint density at radius 1 is 1.07 bits per heavy atom. The van der Waals surface area contributed by atoms with Gasteiger partial charge in [-0.1, -0.05) is 42.4 Å². The second-order valence-electron chi connectivity index (χ2n) is 7.72. The summed E-state index contributed by atoms with van der Waals surface area (Å²) in [7, 11) is 3.35. The first-order valence-electron chi connectivity index (χ1n) is 10.6. The number of aromatic nitrogens is 2. The van der Waals surface area contributed by atoms with E-state index in [0.717, 1.165) is 66.6 Å². The number of nitrogens with zero attached hydrogens (tertiary/aromatic N) is 2. The molecule has 2 unspecified atom stereocenters. The molecule has 0 aliphatic heterocycles. The molecule has 0 saturated heterocycles. The van der Waals surface area contributed by atoms with E-state index in [2.05, 4.69) is 51.9 Å². The van der Waals surface area contributed by atoms with Crippen LogP contribution in [-0.2, 0) is 13.0 Å². The third-order valence-electron chi connectivity index (χ3n) is 5.86. The van der Waals surface area contributed by atoms with Crippen LogP contribution in [0.2, 0.25) is 0 Å². The normalized spacial score (nSPS) is 18.5. The van der Waals surface area contributed by atoms with Crippen molar-refractivity contribution in [2.75, 3.05) is 14.2 Å². The fourth-order valence-corrected chi connectivity index (χ4v) is 4.18. The summed E-state index contributed by atoms with van der Waals surface area (Å²) < 4.78 is 16.5. The van der Waals surface area contributed by atoms with Crippen LogP contribution in [0.1, 0.15) is 49.4 Å². The molecule has 2 atom stereocenters. The van der Waals surface area contributed by atoms with Crippen LogP contribution < -0.4 is 14.8 Å². The summed E-state index contributed by atoms with van der Waals surface area (Å²) in [5, 5.41) is 7.78. The average molecular weight is 408 g/mol. The summed E-state index contributed by atoms with van der Waals surface area (Å²) in [5.74, 6) is 3.40. The molecule has 158 valence electrons. The van der Waals surface area contributed by atoms with Crippen LogP contribution in [-0.4, -0.2) is 30.4 Å². The molecule has 0 radical (unpaired) electrons. The maximum atomic E-state index is 5.55. The molecule has 1 heterocycles. The molecule has 1 saturated carbocycles. The van der Waals surface area contributed by atoms with Gasteiger partial charge in [0.05, 0.1) is 14.2 Å². The van der Waals surface area contributed by atoms with Crippen LogP contribution in [0.15, 0.2) is 47.0 Å². The number of nitrogens with one attached hydrogen (secondary N) is 1. The SMILES string of the molecule is CCc1noc(C2CCC(NCc3cc(OC)c(OC)cc3-c3ccccc3)C2)n1. The average Bonchev–Trinajstić information content (AvgIpc) is 3.47. The predicted molar refractivity (Wildman–Crippen MR) is 116 cm³/mol. The monoisotopic (exact) mass is 407 g/mol. The van der Waals surface area contributed by atoms with Crippen LogP contribution in [0, 0.1) is 0 Å². The topological polar surface area (TPSA) is 69.4 Å². The van der Waals surface area contributed by atoms with Gasteiger partial charge in [-0.05, 0) is 48.1 Å². The van der Waals surface area contributed by atoms with Gasteiger partial charge in [0.25, 0.3) is 0 Å². The van der Waals surface area contributed by atoms with Gasteiger partial charge in [0.1, 0.15) is 0 Å². The lowest BCUT2D eigenvalue weighted by molar-refractivity contribution is 0.347. The quantitative estimate of drug-likeness (QED) is 0.582. The molecule has 6 heteroatoms. The Kier molecular flexibility index (Phi) is 6.33. The lowest BCUT2D eigenvalue weighted by Gasteiger charge is -2.18. The highest BCUT2D eigenvalue weighted by atomic mass is 16.5.